The van der Waals surface area contributed by atoms with Crippen molar-refractivity contribution in [1.82, 2.24) is 24.1 Å². The van der Waals surface area contributed by atoms with Crippen LogP contribution in [0.1, 0.15) is 26.1 Å². The monoisotopic (exact) mass is 379 g/mol. The van der Waals surface area contributed by atoms with E-state index >= 15 is 0 Å². The van der Waals surface area contributed by atoms with Crippen LogP contribution in [0.3, 0.4) is 0 Å². The highest BCUT2D eigenvalue weighted by Crippen LogP contribution is 2.15. The number of carboxylic acid groups (broad SMARTS) is 1. The Kier molecular flexibility index (Phi) is 6.33. The van der Waals surface area contributed by atoms with Crippen LogP contribution in [0.5, 0.6) is 0 Å². The zero-order valence-electron chi connectivity index (χ0n) is 14.8. The summed E-state index contributed by atoms with van der Waals surface area (Å²) in [5.74, 6) is 0.230. The van der Waals surface area contributed by atoms with Gasteiger partial charge in [0.1, 0.15) is 0 Å². The van der Waals surface area contributed by atoms with Gasteiger partial charge in [-0.2, -0.15) is 0 Å². The van der Waals surface area contributed by atoms with Crippen LogP contribution >= 0.6 is 12.4 Å². The lowest BCUT2D eigenvalue weighted by atomic mass is 10.2. The van der Waals surface area contributed by atoms with E-state index in [1.165, 1.54) is 0 Å². The van der Waals surface area contributed by atoms with Gasteiger partial charge in [0.15, 0.2) is 5.82 Å². The van der Waals surface area contributed by atoms with E-state index in [2.05, 4.69) is 10.2 Å². The van der Waals surface area contributed by atoms with Gasteiger partial charge >= 0.3 is 5.97 Å². The quantitative estimate of drug-likeness (QED) is 0.672. The van der Waals surface area contributed by atoms with Crippen molar-refractivity contribution in [3.05, 3.63) is 40.4 Å². The van der Waals surface area contributed by atoms with Gasteiger partial charge in [0.25, 0.3) is 5.56 Å². The van der Waals surface area contributed by atoms with E-state index in [9.17, 15) is 9.59 Å². The topological polar surface area (TPSA) is 92.7 Å². The lowest BCUT2D eigenvalue weighted by molar-refractivity contribution is -0.138. The molecule has 1 N–H and O–H groups in total. The van der Waals surface area contributed by atoms with Gasteiger partial charge in [0.05, 0.1) is 24.0 Å². The molecule has 9 heteroatoms. The summed E-state index contributed by atoms with van der Waals surface area (Å²) in [6.45, 7) is 5.31. The van der Waals surface area contributed by atoms with Crippen LogP contribution in [0, 0.1) is 0 Å². The number of fused-ring (bicyclic) bond motifs is 3. The molecule has 0 aliphatic heterocycles. The highest BCUT2D eigenvalue weighted by atomic mass is 35.5. The van der Waals surface area contributed by atoms with Crippen molar-refractivity contribution in [2.24, 2.45) is 0 Å². The van der Waals surface area contributed by atoms with Gasteiger partial charge in [-0.05, 0) is 32.0 Å². The lowest BCUT2D eigenvalue weighted by Gasteiger charge is -2.18. The maximum atomic E-state index is 12.6. The Morgan fingerprint density at radius 3 is 2.62 bits per heavy atom. The second-order valence-corrected chi connectivity index (χ2v) is 5.92. The van der Waals surface area contributed by atoms with E-state index < -0.39 is 5.97 Å². The molecular formula is C17H22ClN5O3. The fraction of sp³-hybridized carbons (Fsp3) is 0.412. The van der Waals surface area contributed by atoms with Crippen LogP contribution in [0.15, 0.2) is 29.1 Å². The largest absolute Gasteiger partial charge is 0.480 e. The molecule has 0 aliphatic carbocycles. The summed E-state index contributed by atoms with van der Waals surface area (Å²) >= 11 is 0. The molecule has 8 nitrogen and oxygen atoms in total. The molecular weight excluding hydrogens is 358 g/mol. The number of para-hydroxylation sites is 1. The van der Waals surface area contributed by atoms with E-state index in [1.807, 2.05) is 41.3 Å². The number of nitrogens with zero attached hydrogens (tertiary/aromatic N) is 5. The van der Waals surface area contributed by atoms with Crippen molar-refractivity contribution in [3.8, 4) is 0 Å². The predicted molar refractivity (Wildman–Crippen MR) is 101 cm³/mol. The van der Waals surface area contributed by atoms with Crippen molar-refractivity contribution < 1.29 is 9.90 Å². The molecule has 0 saturated carbocycles. The highest BCUT2D eigenvalue weighted by Gasteiger charge is 2.18. The molecule has 3 aromatic rings. The number of rotatable bonds is 7. The zero-order valence-corrected chi connectivity index (χ0v) is 15.6. The first-order valence-corrected chi connectivity index (χ1v) is 8.36. The molecule has 0 radical (unpaired) electrons. The first-order valence-electron chi connectivity index (χ1n) is 8.36. The van der Waals surface area contributed by atoms with Crippen LogP contribution in [-0.2, 0) is 17.9 Å². The predicted octanol–water partition coefficient (Wildman–Crippen LogP) is 1.78. The molecule has 26 heavy (non-hydrogen) atoms. The Labute approximate surface area is 156 Å². The molecule has 0 saturated heterocycles. The molecule has 140 valence electrons. The van der Waals surface area contributed by atoms with E-state index in [-0.39, 0.29) is 24.5 Å². The summed E-state index contributed by atoms with van der Waals surface area (Å²) in [5.41, 5.74) is 0.638. The van der Waals surface area contributed by atoms with Gasteiger partial charge in [0.2, 0.25) is 5.78 Å². The second-order valence-electron chi connectivity index (χ2n) is 5.92. The SMILES string of the molecule is CCCN(CC(=O)O)Cc1nnc2n(CC)c(=O)c3ccccc3n12.Cl. The van der Waals surface area contributed by atoms with Gasteiger partial charge < -0.3 is 5.11 Å². The molecule has 2 heterocycles. The smallest absolute Gasteiger partial charge is 0.317 e. The van der Waals surface area contributed by atoms with Crippen LogP contribution in [0.25, 0.3) is 16.7 Å². The summed E-state index contributed by atoms with van der Waals surface area (Å²) in [6, 6.07) is 7.34. The molecule has 0 bridgehead atoms. The number of carbonyl (C=O) groups is 1. The molecule has 1 aromatic carbocycles. The minimum Gasteiger partial charge on any atom is -0.480 e. The van der Waals surface area contributed by atoms with Crippen LogP contribution in [0.4, 0.5) is 0 Å². The highest BCUT2D eigenvalue weighted by molar-refractivity contribution is 5.85. The molecule has 3 rings (SSSR count). The Balaban J connectivity index is 0.00000243. The van der Waals surface area contributed by atoms with Gasteiger partial charge in [-0.3, -0.25) is 23.5 Å². The van der Waals surface area contributed by atoms with Crippen molar-refractivity contribution in [2.45, 2.75) is 33.4 Å². The average molecular weight is 380 g/mol. The summed E-state index contributed by atoms with van der Waals surface area (Å²) in [7, 11) is 0. The van der Waals surface area contributed by atoms with E-state index in [1.54, 1.807) is 10.6 Å². The molecule has 0 spiro atoms. The minimum absolute atomic E-state index is 0. The number of aliphatic carboxylic acids is 1. The van der Waals surface area contributed by atoms with Crippen molar-refractivity contribution in [2.75, 3.05) is 13.1 Å². The number of hydrogen-bond acceptors (Lipinski definition) is 5. The molecule has 0 aliphatic rings. The maximum Gasteiger partial charge on any atom is 0.317 e. The number of carboxylic acids is 1. The third-order valence-electron chi connectivity index (χ3n) is 4.15. The first kappa shape index (κ1) is 19.9. The van der Waals surface area contributed by atoms with E-state index in [0.717, 1.165) is 11.9 Å². The third kappa shape index (κ3) is 3.56. The lowest BCUT2D eigenvalue weighted by Crippen LogP contribution is -2.31. The maximum absolute atomic E-state index is 12.6. The Hall–Kier alpha value is -2.45. The zero-order chi connectivity index (χ0) is 18.0. The number of aryl methyl sites for hydroxylation is 1. The standard InChI is InChI=1S/C17H21N5O3.ClH/c1-3-9-20(11-15(23)24)10-14-18-19-17-21(4-2)16(25)12-7-5-6-8-13(12)22(14)17;/h5-8H,3-4,9-11H2,1-2H3,(H,23,24);1H. The normalized spacial score (nSPS) is 11.2. The Morgan fingerprint density at radius 2 is 1.96 bits per heavy atom. The Morgan fingerprint density at radius 1 is 1.23 bits per heavy atom. The van der Waals surface area contributed by atoms with Gasteiger partial charge in [-0.15, -0.1) is 22.6 Å². The van der Waals surface area contributed by atoms with Crippen LogP contribution < -0.4 is 5.56 Å². The average Bonchev–Trinajstić information content (AvgIpc) is 2.99. The van der Waals surface area contributed by atoms with Gasteiger partial charge in [0, 0.05) is 6.54 Å². The summed E-state index contributed by atoms with van der Waals surface area (Å²) in [5, 5.41) is 18.1. The first-order chi connectivity index (χ1) is 12.1. The number of benzene rings is 1. The van der Waals surface area contributed by atoms with Crippen LogP contribution in [0.2, 0.25) is 0 Å². The fourth-order valence-corrected chi connectivity index (χ4v) is 3.12. The summed E-state index contributed by atoms with van der Waals surface area (Å²) in [6.07, 6.45) is 0.838. The van der Waals surface area contributed by atoms with Crippen molar-refractivity contribution in [3.63, 3.8) is 0 Å². The van der Waals surface area contributed by atoms with Gasteiger partial charge in [-0.1, -0.05) is 19.1 Å². The molecule has 0 atom stereocenters. The minimum atomic E-state index is -0.877. The van der Waals surface area contributed by atoms with Crippen LogP contribution in [-0.4, -0.2) is 48.2 Å². The number of hydrogen-bond donors (Lipinski definition) is 1. The molecule has 0 unspecified atom stereocenters. The van der Waals surface area contributed by atoms with E-state index in [4.69, 9.17) is 5.11 Å². The molecule has 0 amide bonds. The summed E-state index contributed by atoms with van der Waals surface area (Å²) < 4.78 is 3.44. The molecule has 2 aromatic heterocycles. The van der Waals surface area contributed by atoms with Crippen molar-refractivity contribution >= 4 is 35.1 Å². The fourth-order valence-electron chi connectivity index (χ4n) is 3.12. The van der Waals surface area contributed by atoms with Crippen molar-refractivity contribution in [1.29, 1.82) is 0 Å². The number of halogens is 1. The number of aromatic nitrogens is 4. The van der Waals surface area contributed by atoms with E-state index in [0.29, 0.717) is 36.6 Å². The van der Waals surface area contributed by atoms with Gasteiger partial charge in [-0.25, -0.2) is 0 Å². The summed E-state index contributed by atoms with van der Waals surface area (Å²) in [4.78, 5) is 25.6. The molecule has 0 fully saturated rings. The third-order valence-corrected chi connectivity index (χ3v) is 4.15. The second kappa shape index (κ2) is 8.29. The Bertz CT molecular complexity index is 982.